The van der Waals surface area contributed by atoms with Crippen LogP contribution in [0.3, 0.4) is 0 Å². The third-order valence-electron chi connectivity index (χ3n) is 8.44. The van der Waals surface area contributed by atoms with Crippen LogP contribution < -0.4 is 18.9 Å². The molecule has 13 nitrogen and oxygen atoms in total. The van der Waals surface area contributed by atoms with Gasteiger partial charge in [0, 0.05) is 23.6 Å². The maximum absolute atomic E-state index is 14.1. The van der Waals surface area contributed by atoms with Crippen molar-refractivity contribution in [2.24, 2.45) is 0 Å². The largest absolute Gasteiger partial charge is 0.504 e. The summed E-state index contributed by atoms with van der Waals surface area (Å²) in [7, 11) is 1.46. The van der Waals surface area contributed by atoms with Crippen LogP contribution in [0.15, 0.2) is 97.1 Å². The minimum atomic E-state index is -1.59. The first-order valence-corrected chi connectivity index (χ1v) is 17.0. The molecule has 0 spiro atoms. The third kappa shape index (κ3) is 9.76. The molecule has 0 aliphatic carbocycles. The number of carbonyl (C=O) groups excluding carboxylic acids is 2. The van der Waals surface area contributed by atoms with Gasteiger partial charge in [0.05, 0.1) is 7.11 Å². The first kappa shape index (κ1) is 39.3. The van der Waals surface area contributed by atoms with Crippen molar-refractivity contribution in [2.45, 2.75) is 51.4 Å². The number of ether oxygens (including phenoxy) is 5. The summed E-state index contributed by atoms with van der Waals surface area (Å²) >= 11 is 0. The van der Waals surface area contributed by atoms with E-state index in [1.165, 1.54) is 61.7 Å². The summed E-state index contributed by atoms with van der Waals surface area (Å²) < 4.78 is 29.3. The molecule has 3 atom stereocenters. The molecule has 286 valence electrons. The van der Waals surface area contributed by atoms with Crippen LogP contribution in [0.1, 0.15) is 47.8 Å². The molecule has 0 saturated heterocycles. The Kier molecular flexibility index (Phi) is 12.4. The van der Waals surface area contributed by atoms with E-state index < -0.39 is 47.7 Å². The Balaban J connectivity index is 1.42. The number of allylic oxidation sites excluding steroid dienone is 3. The molecule has 0 fully saturated rings. The van der Waals surface area contributed by atoms with Crippen molar-refractivity contribution in [3.8, 4) is 46.0 Å². The fourth-order valence-electron chi connectivity index (χ4n) is 5.68. The average Bonchev–Trinajstić information content (AvgIpc) is 3.15. The van der Waals surface area contributed by atoms with Gasteiger partial charge in [-0.2, -0.15) is 0 Å². The first-order chi connectivity index (χ1) is 26.3. The number of phenols is 4. The van der Waals surface area contributed by atoms with Gasteiger partial charge < -0.3 is 49.2 Å². The number of esters is 2. The summed E-state index contributed by atoms with van der Waals surface area (Å²) in [5, 5.41) is 49.2. The lowest BCUT2D eigenvalue weighted by Crippen LogP contribution is -2.42. The zero-order valence-electron chi connectivity index (χ0n) is 30.2. The lowest BCUT2D eigenvalue weighted by atomic mass is 10.0. The number of carboxylic acids is 1. The van der Waals surface area contributed by atoms with Crippen LogP contribution in [-0.2, 0) is 38.4 Å². The van der Waals surface area contributed by atoms with Crippen molar-refractivity contribution in [2.75, 3.05) is 7.11 Å². The molecule has 0 unspecified atom stereocenters. The molecule has 1 heterocycles. The van der Waals surface area contributed by atoms with E-state index in [1.807, 2.05) is 26.0 Å². The molecule has 0 amide bonds. The van der Waals surface area contributed by atoms with Crippen molar-refractivity contribution in [3.05, 3.63) is 125 Å². The second-order valence-electron chi connectivity index (χ2n) is 12.8. The van der Waals surface area contributed by atoms with Crippen LogP contribution in [0.2, 0.25) is 0 Å². The number of aliphatic carboxylic acids is 1. The van der Waals surface area contributed by atoms with Gasteiger partial charge in [0.15, 0.2) is 52.1 Å². The fraction of sp³-hybridized carbons (Fsp3) is 0.214. The van der Waals surface area contributed by atoms with E-state index in [0.717, 1.165) is 17.2 Å². The number of phenolic OH excluding ortho intramolecular Hbond substituents is 4. The van der Waals surface area contributed by atoms with Crippen molar-refractivity contribution in [1.29, 1.82) is 0 Å². The Morgan fingerprint density at radius 2 is 1.56 bits per heavy atom. The second-order valence-corrected chi connectivity index (χ2v) is 12.8. The molecule has 4 aromatic rings. The van der Waals surface area contributed by atoms with Gasteiger partial charge in [0.2, 0.25) is 12.2 Å². The number of aromatic hydroxyl groups is 4. The molecule has 0 radical (unpaired) electrons. The Morgan fingerprint density at radius 3 is 2.22 bits per heavy atom. The summed E-state index contributed by atoms with van der Waals surface area (Å²) in [5.41, 5.74) is 3.62. The third-order valence-corrected chi connectivity index (χ3v) is 8.44. The van der Waals surface area contributed by atoms with Crippen LogP contribution in [0.4, 0.5) is 0 Å². The smallest absolute Gasteiger partial charge is 0.357 e. The highest BCUT2D eigenvalue weighted by Crippen LogP contribution is 2.43. The van der Waals surface area contributed by atoms with Gasteiger partial charge in [-0.25, -0.2) is 14.4 Å². The highest BCUT2D eigenvalue weighted by atomic mass is 16.6. The van der Waals surface area contributed by atoms with Crippen LogP contribution in [-0.4, -0.2) is 62.8 Å². The van der Waals surface area contributed by atoms with Gasteiger partial charge >= 0.3 is 17.9 Å². The van der Waals surface area contributed by atoms with Crippen LogP contribution in [0.25, 0.3) is 6.08 Å². The maximum atomic E-state index is 14.1. The molecule has 0 saturated carbocycles. The summed E-state index contributed by atoms with van der Waals surface area (Å²) in [6, 6.07) is 16.0. The Bertz CT molecular complexity index is 2160. The van der Waals surface area contributed by atoms with E-state index in [4.69, 9.17) is 23.7 Å². The average molecular weight is 753 g/mol. The normalized spacial score (nSPS) is 15.1. The number of carbonyl (C=O) groups is 3. The standard InChI is InChI=1S/C42H40O13/c1-5-6-25-17-27(11-7-23(2)3)38(35(20-25)51-4)55-42(50)40-39(28-12-14-30(44)32(46)22-28)53-33-15-9-24(19-34(33)54-40)10-16-37(47)52-36(41(48)49)21-26-8-13-29(43)31(45)18-26/h5,7-10,12-20,22,36,39-40,43-46H,1,6,11,21H2,2-4H3,(H,48,49)/b16-10+/t36-,39+,40+/m0/s1. The maximum Gasteiger partial charge on any atom is 0.357 e. The van der Waals surface area contributed by atoms with Gasteiger partial charge in [-0.3, -0.25) is 0 Å². The molecular weight excluding hydrogens is 712 g/mol. The number of methoxy groups -OCH3 is 1. The van der Waals surface area contributed by atoms with E-state index in [-0.39, 0.29) is 35.2 Å². The molecule has 4 aromatic carbocycles. The number of hydrogen-bond acceptors (Lipinski definition) is 12. The number of benzene rings is 4. The van der Waals surface area contributed by atoms with Crippen molar-refractivity contribution >= 4 is 24.0 Å². The minimum Gasteiger partial charge on any atom is -0.504 e. The Morgan fingerprint density at radius 1 is 0.836 bits per heavy atom. The molecule has 1 aliphatic heterocycles. The molecular formula is C42H40O13. The summed E-state index contributed by atoms with van der Waals surface area (Å²) in [6.45, 7) is 7.71. The fourth-order valence-corrected chi connectivity index (χ4v) is 5.68. The molecule has 55 heavy (non-hydrogen) atoms. The zero-order valence-corrected chi connectivity index (χ0v) is 30.2. The van der Waals surface area contributed by atoms with Crippen LogP contribution in [0.5, 0.6) is 46.0 Å². The molecule has 13 heteroatoms. The lowest BCUT2D eigenvalue weighted by molar-refractivity contribution is -0.160. The molecule has 0 aromatic heterocycles. The van der Waals surface area contributed by atoms with Gasteiger partial charge in [-0.15, -0.1) is 6.58 Å². The number of rotatable bonds is 14. The zero-order chi connectivity index (χ0) is 39.8. The first-order valence-electron chi connectivity index (χ1n) is 17.0. The molecule has 5 rings (SSSR count). The SMILES string of the molecule is C=CCc1cc(CC=C(C)C)c(OC(=O)[C@@H]2Oc3cc(/C=C/C(=O)O[C@@H](Cc4ccc(O)c(O)c4)C(=O)O)ccc3O[C@@H]2c2ccc(O)c(O)c2)c(OC)c1. The Labute approximate surface area is 316 Å². The quantitative estimate of drug-likeness (QED) is 0.0308. The lowest BCUT2D eigenvalue weighted by Gasteiger charge is -2.33. The van der Waals surface area contributed by atoms with Gasteiger partial charge in [0.25, 0.3) is 0 Å². The number of hydrogen-bond donors (Lipinski definition) is 5. The monoisotopic (exact) mass is 752 g/mol. The molecule has 5 N–H and O–H groups in total. The predicted molar refractivity (Wildman–Crippen MR) is 200 cm³/mol. The summed E-state index contributed by atoms with van der Waals surface area (Å²) in [6.07, 6.45) is 2.60. The van der Waals surface area contributed by atoms with Gasteiger partial charge in [-0.05, 0) is 91.9 Å². The number of fused-ring (bicyclic) bond motifs is 1. The highest BCUT2D eigenvalue weighted by molar-refractivity contribution is 5.89. The van der Waals surface area contributed by atoms with Gasteiger partial charge in [0.1, 0.15) is 0 Å². The van der Waals surface area contributed by atoms with Gasteiger partial charge in [-0.1, -0.05) is 42.0 Å². The Hall–Kier alpha value is -6.89. The van der Waals surface area contributed by atoms with E-state index >= 15 is 0 Å². The summed E-state index contributed by atoms with van der Waals surface area (Å²) in [4.78, 5) is 38.6. The van der Waals surface area contributed by atoms with E-state index in [1.54, 1.807) is 18.2 Å². The van der Waals surface area contributed by atoms with E-state index in [9.17, 15) is 39.9 Å². The van der Waals surface area contributed by atoms with Crippen LogP contribution in [0, 0.1) is 0 Å². The van der Waals surface area contributed by atoms with Crippen molar-refractivity contribution < 1.29 is 63.6 Å². The summed E-state index contributed by atoms with van der Waals surface area (Å²) in [5.74, 6) is -4.10. The minimum absolute atomic E-state index is 0.102. The van der Waals surface area contributed by atoms with Crippen molar-refractivity contribution in [1.82, 2.24) is 0 Å². The molecule has 1 aliphatic rings. The van der Waals surface area contributed by atoms with E-state index in [2.05, 4.69) is 6.58 Å². The predicted octanol–water partition coefficient (Wildman–Crippen LogP) is 6.49. The highest BCUT2D eigenvalue weighted by Gasteiger charge is 2.41. The van der Waals surface area contributed by atoms with Crippen molar-refractivity contribution in [3.63, 3.8) is 0 Å². The topological polar surface area (TPSA) is 199 Å². The van der Waals surface area contributed by atoms with E-state index in [0.29, 0.717) is 40.8 Å². The number of carboxylic acid groups (broad SMARTS) is 1. The van der Waals surface area contributed by atoms with Crippen LogP contribution >= 0.6 is 0 Å². The second kappa shape index (κ2) is 17.3. The molecule has 0 bridgehead atoms.